The molecule has 0 aromatic carbocycles. The maximum atomic E-state index is 5.67. The highest BCUT2D eigenvalue weighted by molar-refractivity contribution is 8.00. The van der Waals surface area contributed by atoms with Gasteiger partial charge >= 0.3 is 0 Å². The summed E-state index contributed by atoms with van der Waals surface area (Å²) in [5.74, 6) is 3.85. The van der Waals surface area contributed by atoms with Gasteiger partial charge in [-0.15, -0.1) is 0 Å². The number of hydrogen-bond donors (Lipinski definition) is 1. The molecule has 1 saturated carbocycles. The third-order valence-corrected chi connectivity index (χ3v) is 5.69. The molecule has 0 aromatic rings. The van der Waals surface area contributed by atoms with E-state index in [1.807, 2.05) is 7.05 Å². The first-order valence-corrected chi connectivity index (χ1v) is 9.40. The van der Waals surface area contributed by atoms with Crippen LogP contribution in [0, 0.1) is 11.8 Å². The van der Waals surface area contributed by atoms with E-state index in [4.69, 9.17) is 4.74 Å². The second-order valence-corrected chi connectivity index (χ2v) is 7.79. The Balaban J connectivity index is 1.62. The van der Waals surface area contributed by atoms with E-state index < -0.39 is 0 Å². The van der Waals surface area contributed by atoms with Crippen molar-refractivity contribution in [3.05, 3.63) is 0 Å². The van der Waals surface area contributed by atoms with Crippen molar-refractivity contribution in [3.8, 4) is 0 Å². The summed E-state index contributed by atoms with van der Waals surface area (Å²) in [6.45, 7) is 9.63. The average molecular weight is 314 g/mol. The lowest BCUT2D eigenvalue weighted by atomic mass is 10.1. The van der Waals surface area contributed by atoms with Crippen molar-refractivity contribution in [2.24, 2.45) is 16.8 Å². The maximum absolute atomic E-state index is 5.67. The molecule has 1 aliphatic carbocycles. The molecule has 2 rings (SSSR count). The summed E-state index contributed by atoms with van der Waals surface area (Å²) in [6, 6.07) is 0. The quantitative estimate of drug-likeness (QED) is 0.445. The summed E-state index contributed by atoms with van der Waals surface area (Å²) in [7, 11) is 1.89. The minimum atomic E-state index is 0.721. The smallest absolute Gasteiger partial charge is 0.193 e. The van der Waals surface area contributed by atoms with Crippen molar-refractivity contribution in [3.63, 3.8) is 0 Å². The fourth-order valence-electron chi connectivity index (χ4n) is 2.51. The summed E-state index contributed by atoms with van der Waals surface area (Å²) in [4.78, 5) is 6.85. The van der Waals surface area contributed by atoms with Crippen LogP contribution in [0.4, 0.5) is 0 Å². The molecule has 0 aromatic heterocycles. The minimum absolute atomic E-state index is 0.721. The van der Waals surface area contributed by atoms with Crippen LogP contribution in [-0.4, -0.2) is 61.8 Å². The predicted octanol–water partition coefficient (Wildman–Crippen LogP) is 2.45. The first-order valence-electron chi connectivity index (χ1n) is 8.35. The molecule has 1 unspecified atom stereocenters. The summed E-state index contributed by atoms with van der Waals surface area (Å²) < 4.78 is 5.67. The van der Waals surface area contributed by atoms with Gasteiger partial charge in [0.15, 0.2) is 5.96 Å². The van der Waals surface area contributed by atoms with Gasteiger partial charge in [0.05, 0.1) is 0 Å². The molecule has 1 aliphatic heterocycles. The number of rotatable bonds is 7. The molecule has 1 heterocycles. The van der Waals surface area contributed by atoms with Gasteiger partial charge < -0.3 is 15.0 Å². The number of guanidine groups is 1. The van der Waals surface area contributed by atoms with E-state index in [1.54, 1.807) is 0 Å². The Morgan fingerprint density at radius 1 is 1.43 bits per heavy atom. The van der Waals surface area contributed by atoms with Crippen molar-refractivity contribution in [1.82, 2.24) is 10.2 Å². The third kappa shape index (κ3) is 6.07. The van der Waals surface area contributed by atoms with Crippen molar-refractivity contribution >= 4 is 17.7 Å². The molecule has 21 heavy (non-hydrogen) atoms. The second kappa shape index (κ2) is 8.89. The van der Waals surface area contributed by atoms with Crippen LogP contribution in [-0.2, 0) is 4.74 Å². The van der Waals surface area contributed by atoms with Gasteiger partial charge in [-0.05, 0) is 31.1 Å². The lowest BCUT2D eigenvalue weighted by molar-refractivity contribution is 0.122. The lowest BCUT2D eigenvalue weighted by Gasteiger charge is -2.36. The number of nitrogens with zero attached hydrogens (tertiary/aromatic N) is 2. The van der Waals surface area contributed by atoms with Gasteiger partial charge in [0, 0.05) is 50.9 Å². The topological polar surface area (TPSA) is 36.9 Å². The van der Waals surface area contributed by atoms with Crippen LogP contribution in [0.3, 0.4) is 0 Å². The summed E-state index contributed by atoms with van der Waals surface area (Å²) in [5.41, 5.74) is 0. The summed E-state index contributed by atoms with van der Waals surface area (Å²) >= 11 is 2.10. The molecule has 1 N–H and O–H groups in total. The first-order chi connectivity index (χ1) is 10.2. The second-order valence-electron chi connectivity index (χ2n) is 6.45. The number of hydrogen-bond acceptors (Lipinski definition) is 3. The van der Waals surface area contributed by atoms with Gasteiger partial charge in [0.25, 0.3) is 0 Å². The van der Waals surface area contributed by atoms with E-state index in [1.165, 1.54) is 18.6 Å². The van der Waals surface area contributed by atoms with Gasteiger partial charge in [-0.25, -0.2) is 0 Å². The predicted molar refractivity (Wildman–Crippen MR) is 92.2 cm³/mol. The number of ether oxygens (including phenoxy) is 1. The van der Waals surface area contributed by atoms with Gasteiger partial charge in [-0.3, -0.25) is 4.99 Å². The van der Waals surface area contributed by atoms with E-state index in [2.05, 4.69) is 40.8 Å². The van der Waals surface area contributed by atoms with Gasteiger partial charge in [0.2, 0.25) is 0 Å². The molecule has 0 radical (unpaired) electrons. The van der Waals surface area contributed by atoms with Crippen molar-refractivity contribution in [2.75, 3.05) is 45.6 Å². The SMILES string of the molecule is CN=C(NCCCOCC1CC1)N1CCSC(C(C)C)C1. The van der Waals surface area contributed by atoms with E-state index >= 15 is 0 Å². The monoisotopic (exact) mass is 313 g/mol. The third-order valence-electron chi connectivity index (χ3n) is 4.15. The van der Waals surface area contributed by atoms with Gasteiger partial charge in [0.1, 0.15) is 0 Å². The Hall–Kier alpha value is -0.420. The first kappa shape index (κ1) is 16.9. The van der Waals surface area contributed by atoms with Crippen LogP contribution in [0.1, 0.15) is 33.1 Å². The highest BCUT2D eigenvalue weighted by Gasteiger charge is 2.24. The fourth-order valence-corrected chi connectivity index (χ4v) is 3.81. The molecule has 5 heteroatoms. The molecule has 1 atom stereocenters. The molecular weight excluding hydrogens is 282 g/mol. The zero-order chi connectivity index (χ0) is 15.1. The molecule has 0 amide bonds. The lowest BCUT2D eigenvalue weighted by Crippen LogP contribution is -2.49. The Morgan fingerprint density at radius 2 is 2.24 bits per heavy atom. The van der Waals surface area contributed by atoms with Gasteiger partial charge in [-0.2, -0.15) is 11.8 Å². The van der Waals surface area contributed by atoms with Crippen molar-refractivity contribution in [1.29, 1.82) is 0 Å². The van der Waals surface area contributed by atoms with Crippen molar-refractivity contribution in [2.45, 2.75) is 38.4 Å². The molecule has 2 aliphatic rings. The highest BCUT2D eigenvalue weighted by Crippen LogP contribution is 2.28. The fraction of sp³-hybridized carbons (Fsp3) is 0.938. The van der Waals surface area contributed by atoms with E-state index in [0.717, 1.165) is 62.3 Å². The largest absolute Gasteiger partial charge is 0.381 e. The Labute approximate surface area is 134 Å². The minimum Gasteiger partial charge on any atom is -0.381 e. The van der Waals surface area contributed by atoms with E-state index in [-0.39, 0.29) is 0 Å². The highest BCUT2D eigenvalue weighted by atomic mass is 32.2. The molecule has 0 spiro atoms. The van der Waals surface area contributed by atoms with Crippen LogP contribution in [0.15, 0.2) is 4.99 Å². The zero-order valence-corrected chi connectivity index (χ0v) is 14.6. The normalized spacial score (nSPS) is 23.7. The zero-order valence-electron chi connectivity index (χ0n) is 13.8. The maximum Gasteiger partial charge on any atom is 0.193 e. The van der Waals surface area contributed by atoms with Crippen LogP contribution in [0.25, 0.3) is 0 Å². The Morgan fingerprint density at radius 3 is 2.90 bits per heavy atom. The van der Waals surface area contributed by atoms with E-state index in [0.29, 0.717) is 0 Å². The molecule has 0 bridgehead atoms. The van der Waals surface area contributed by atoms with E-state index in [9.17, 15) is 0 Å². The van der Waals surface area contributed by atoms with Gasteiger partial charge in [-0.1, -0.05) is 13.8 Å². The molecule has 1 saturated heterocycles. The number of nitrogens with one attached hydrogen (secondary N) is 1. The standard InChI is InChI=1S/C16H31N3OS/c1-13(2)15-11-19(8-10-21-15)16(17-3)18-7-4-9-20-12-14-5-6-14/h13-15H,4-12H2,1-3H3,(H,17,18). The molecule has 2 fully saturated rings. The van der Waals surface area contributed by atoms with Crippen LogP contribution in [0.5, 0.6) is 0 Å². The number of aliphatic imine (C=N–C) groups is 1. The number of thioether (sulfide) groups is 1. The Kier molecular flexibility index (Phi) is 7.17. The van der Waals surface area contributed by atoms with Crippen LogP contribution >= 0.6 is 11.8 Å². The average Bonchev–Trinajstić information content (AvgIpc) is 3.31. The molecule has 122 valence electrons. The van der Waals surface area contributed by atoms with Crippen LogP contribution < -0.4 is 5.32 Å². The van der Waals surface area contributed by atoms with Crippen LogP contribution in [0.2, 0.25) is 0 Å². The summed E-state index contributed by atoms with van der Waals surface area (Å²) in [5, 5.41) is 4.21. The summed E-state index contributed by atoms with van der Waals surface area (Å²) in [6.07, 6.45) is 3.80. The van der Waals surface area contributed by atoms with Crippen molar-refractivity contribution < 1.29 is 4.74 Å². The Bertz CT molecular complexity index is 331. The molecule has 4 nitrogen and oxygen atoms in total. The molecular formula is C16H31N3OS.